The molecule has 0 spiro atoms. The number of benzene rings is 3. The van der Waals surface area contributed by atoms with E-state index in [9.17, 15) is 22.4 Å². The molecule has 3 aromatic rings. The van der Waals surface area contributed by atoms with Gasteiger partial charge >= 0.3 is 0 Å². The van der Waals surface area contributed by atoms with Crippen LogP contribution in [0.3, 0.4) is 0 Å². The summed E-state index contributed by atoms with van der Waals surface area (Å²) in [7, 11) is -0.325. The third kappa shape index (κ3) is 7.42. The van der Waals surface area contributed by atoms with E-state index in [1.807, 2.05) is 0 Å². The third-order valence-corrected chi connectivity index (χ3v) is 8.41. The van der Waals surface area contributed by atoms with Crippen LogP contribution in [-0.2, 0) is 26.2 Å². The number of nitrogens with one attached hydrogen (secondary N) is 1. The number of nitrogens with zero attached hydrogens (tertiary/aromatic N) is 2. The third-order valence-electron chi connectivity index (χ3n) is 6.42. The molecule has 2 amide bonds. The van der Waals surface area contributed by atoms with Gasteiger partial charge in [-0.05, 0) is 61.9 Å². The summed E-state index contributed by atoms with van der Waals surface area (Å²) < 4.78 is 58.8. The number of hydrogen-bond acceptors (Lipinski definition) is 7. The number of amides is 2. The number of hydrogen-bond donors (Lipinski definition) is 1. The molecular weight excluding hydrogens is 589 g/mol. The molecule has 13 heteroatoms. The van der Waals surface area contributed by atoms with Gasteiger partial charge < -0.3 is 24.4 Å². The van der Waals surface area contributed by atoms with Gasteiger partial charge in [0.1, 0.15) is 24.2 Å². The highest BCUT2D eigenvalue weighted by Crippen LogP contribution is 2.37. The van der Waals surface area contributed by atoms with Crippen molar-refractivity contribution in [1.82, 2.24) is 10.2 Å². The molecule has 1 N–H and O–H groups in total. The van der Waals surface area contributed by atoms with Crippen molar-refractivity contribution in [3.05, 3.63) is 77.1 Å². The van der Waals surface area contributed by atoms with Gasteiger partial charge in [-0.15, -0.1) is 0 Å². The van der Waals surface area contributed by atoms with E-state index >= 15 is 0 Å². The Morgan fingerprint density at radius 2 is 1.55 bits per heavy atom. The van der Waals surface area contributed by atoms with Crippen LogP contribution < -0.4 is 23.8 Å². The molecule has 0 aliphatic rings. The number of methoxy groups -OCH3 is 3. The molecule has 0 aliphatic heterocycles. The number of likely N-dealkylation sites (N-methyl/N-ethyl adjacent to an activating group) is 1. The van der Waals surface area contributed by atoms with E-state index in [2.05, 4.69) is 5.32 Å². The fraction of sp³-hybridized carbons (Fsp3) is 0.310. The average Bonchev–Trinajstić information content (AvgIpc) is 2.98. The number of anilines is 1. The van der Waals surface area contributed by atoms with Gasteiger partial charge in [-0.2, -0.15) is 0 Å². The van der Waals surface area contributed by atoms with Gasteiger partial charge in [-0.1, -0.05) is 23.7 Å². The number of halogens is 2. The van der Waals surface area contributed by atoms with E-state index in [1.165, 1.54) is 93.8 Å². The van der Waals surface area contributed by atoms with Crippen LogP contribution in [0.25, 0.3) is 0 Å². The van der Waals surface area contributed by atoms with Crippen LogP contribution in [0, 0.1) is 5.82 Å². The van der Waals surface area contributed by atoms with E-state index in [0.29, 0.717) is 17.9 Å². The van der Waals surface area contributed by atoms with Crippen LogP contribution in [0.2, 0.25) is 5.02 Å². The normalized spacial score (nSPS) is 11.8. The van der Waals surface area contributed by atoms with Crippen molar-refractivity contribution >= 4 is 39.1 Å². The maximum Gasteiger partial charge on any atom is 0.265 e. The smallest absolute Gasteiger partial charge is 0.265 e. The molecule has 1 atom stereocenters. The van der Waals surface area contributed by atoms with Crippen LogP contribution >= 0.6 is 11.6 Å². The lowest BCUT2D eigenvalue weighted by Crippen LogP contribution is -2.51. The highest BCUT2D eigenvalue weighted by molar-refractivity contribution is 7.92. The molecular formula is C29H33ClFN3O7S. The zero-order chi connectivity index (χ0) is 31.0. The largest absolute Gasteiger partial charge is 0.495 e. The second kappa shape index (κ2) is 14.2. The minimum atomic E-state index is -4.46. The predicted molar refractivity (Wildman–Crippen MR) is 157 cm³/mol. The van der Waals surface area contributed by atoms with Crippen molar-refractivity contribution in [2.75, 3.05) is 38.7 Å². The Hall–Kier alpha value is -4.03. The van der Waals surface area contributed by atoms with Crippen LogP contribution in [0.1, 0.15) is 19.4 Å². The van der Waals surface area contributed by atoms with Gasteiger partial charge in [-0.25, -0.2) is 12.8 Å². The molecule has 0 unspecified atom stereocenters. The monoisotopic (exact) mass is 621 g/mol. The van der Waals surface area contributed by atoms with E-state index in [1.54, 1.807) is 6.92 Å². The van der Waals surface area contributed by atoms with Crippen LogP contribution in [0.4, 0.5) is 10.1 Å². The summed E-state index contributed by atoms with van der Waals surface area (Å²) in [6.07, 6.45) is 0. The number of sulfonamides is 1. The maximum absolute atomic E-state index is 14.2. The second-order valence-electron chi connectivity index (χ2n) is 9.06. The fourth-order valence-electron chi connectivity index (χ4n) is 4.17. The number of ether oxygens (including phenoxy) is 3. The average molecular weight is 622 g/mol. The molecule has 3 rings (SSSR count). The Kier molecular flexibility index (Phi) is 11.0. The first-order valence-corrected chi connectivity index (χ1v) is 14.7. The highest BCUT2D eigenvalue weighted by atomic mass is 35.5. The molecule has 0 aromatic heterocycles. The van der Waals surface area contributed by atoms with Crippen molar-refractivity contribution in [2.24, 2.45) is 0 Å². The van der Waals surface area contributed by atoms with Crippen molar-refractivity contribution in [2.45, 2.75) is 31.3 Å². The summed E-state index contributed by atoms with van der Waals surface area (Å²) in [4.78, 5) is 27.8. The Balaban J connectivity index is 2.14. The SMILES string of the molecule is CCNC(=O)[C@@H](C)N(Cc1ccc(F)cc1)C(=O)CN(c1cc(Cl)ccc1OC)S(=O)(=O)c1ccc(OC)c(OC)c1. The van der Waals surface area contributed by atoms with E-state index < -0.39 is 40.2 Å². The lowest BCUT2D eigenvalue weighted by atomic mass is 10.1. The zero-order valence-corrected chi connectivity index (χ0v) is 25.5. The lowest BCUT2D eigenvalue weighted by Gasteiger charge is -2.32. The predicted octanol–water partition coefficient (Wildman–Crippen LogP) is 4.25. The molecule has 0 fully saturated rings. The summed E-state index contributed by atoms with van der Waals surface area (Å²) in [5.41, 5.74) is 0.538. The van der Waals surface area contributed by atoms with Crippen molar-refractivity contribution in [3.8, 4) is 17.2 Å². The molecule has 0 bridgehead atoms. The quantitative estimate of drug-likeness (QED) is 0.303. The van der Waals surface area contributed by atoms with E-state index in [0.717, 1.165) is 4.31 Å². The van der Waals surface area contributed by atoms with Gasteiger partial charge in [0.15, 0.2) is 11.5 Å². The Morgan fingerprint density at radius 3 is 2.14 bits per heavy atom. The first kappa shape index (κ1) is 32.5. The summed E-state index contributed by atoms with van der Waals surface area (Å²) in [5.74, 6) is -1.01. The first-order chi connectivity index (χ1) is 20.0. The first-order valence-electron chi connectivity index (χ1n) is 12.9. The molecule has 3 aromatic carbocycles. The summed E-state index contributed by atoms with van der Waals surface area (Å²) in [5, 5.41) is 2.88. The van der Waals surface area contributed by atoms with Crippen LogP contribution in [-0.4, -0.2) is 65.6 Å². The number of rotatable bonds is 13. The van der Waals surface area contributed by atoms with Gasteiger partial charge in [0, 0.05) is 24.2 Å². The number of carbonyl (C=O) groups is 2. The standard InChI is InChI=1S/C29H33ClFN3O7S/c1-6-32-29(36)19(2)33(17-20-7-10-22(31)11-8-20)28(35)18-34(24-15-21(30)9-13-25(24)39-3)42(37,38)23-12-14-26(40-4)27(16-23)41-5/h7-16,19H,6,17-18H2,1-5H3,(H,32,36)/t19-/m1/s1. The molecule has 42 heavy (non-hydrogen) atoms. The lowest BCUT2D eigenvalue weighted by molar-refractivity contribution is -0.139. The second-order valence-corrected chi connectivity index (χ2v) is 11.4. The summed E-state index contributed by atoms with van der Waals surface area (Å²) >= 11 is 6.25. The molecule has 0 heterocycles. The number of carbonyl (C=O) groups excluding carboxylic acids is 2. The van der Waals surface area contributed by atoms with E-state index in [-0.39, 0.29) is 33.6 Å². The highest BCUT2D eigenvalue weighted by Gasteiger charge is 2.34. The Labute approximate surface area is 250 Å². The Bertz CT molecular complexity index is 1520. The maximum atomic E-state index is 14.2. The summed E-state index contributed by atoms with van der Waals surface area (Å²) in [6.45, 7) is 2.77. The van der Waals surface area contributed by atoms with E-state index in [4.69, 9.17) is 25.8 Å². The van der Waals surface area contributed by atoms with Gasteiger partial charge in [0.2, 0.25) is 11.8 Å². The molecule has 226 valence electrons. The van der Waals surface area contributed by atoms with Crippen molar-refractivity contribution < 1.29 is 36.6 Å². The van der Waals surface area contributed by atoms with Crippen LogP contribution in [0.15, 0.2) is 65.6 Å². The zero-order valence-electron chi connectivity index (χ0n) is 23.9. The summed E-state index contributed by atoms with van der Waals surface area (Å²) in [6, 6.07) is 12.8. The fourth-order valence-corrected chi connectivity index (χ4v) is 5.77. The van der Waals surface area contributed by atoms with Crippen molar-refractivity contribution in [3.63, 3.8) is 0 Å². The van der Waals surface area contributed by atoms with Gasteiger partial charge in [-0.3, -0.25) is 13.9 Å². The minimum absolute atomic E-state index is 0.000491. The molecule has 10 nitrogen and oxygen atoms in total. The minimum Gasteiger partial charge on any atom is -0.495 e. The van der Waals surface area contributed by atoms with Crippen LogP contribution in [0.5, 0.6) is 17.2 Å². The molecule has 0 aliphatic carbocycles. The molecule has 0 saturated heterocycles. The molecule has 0 saturated carbocycles. The molecule has 0 radical (unpaired) electrons. The topological polar surface area (TPSA) is 114 Å². The van der Waals surface area contributed by atoms with Gasteiger partial charge in [0.05, 0.1) is 31.9 Å². The van der Waals surface area contributed by atoms with Crippen molar-refractivity contribution in [1.29, 1.82) is 0 Å². The Morgan fingerprint density at radius 1 is 0.929 bits per heavy atom. The van der Waals surface area contributed by atoms with Gasteiger partial charge in [0.25, 0.3) is 10.0 Å².